The van der Waals surface area contributed by atoms with E-state index in [1.54, 1.807) is 0 Å². The number of ether oxygens (including phenoxy) is 1. The molecule has 3 heteroatoms. The van der Waals surface area contributed by atoms with Crippen molar-refractivity contribution in [3.63, 3.8) is 0 Å². The van der Waals surface area contributed by atoms with Crippen molar-refractivity contribution in [2.24, 2.45) is 7.05 Å². The molecule has 0 bridgehead atoms. The van der Waals surface area contributed by atoms with Crippen LogP contribution in [-0.4, -0.2) is 24.3 Å². The van der Waals surface area contributed by atoms with E-state index in [1.807, 2.05) is 0 Å². The predicted octanol–water partition coefficient (Wildman–Crippen LogP) is 3.39. The lowest BCUT2D eigenvalue weighted by atomic mass is 10.1. The van der Waals surface area contributed by atoms with Crippen LogP contribution < -0.4 is 5.32 Å². The SMILES string of the molecule is CCCOCCCNCc1c(C)c2ccccc2n1C. The molecule has 20 heavy (non-hydrogen) atoms. The molecule has 1 N–H and O–H groups in total. The van der Waals surface area contributed by atoms with Crippen molar-refractivity contribution in [1.82, 2.24) is 9.88 Å². The van der Waals surface area contributed by atoms with E-state index in [4.69, 9.17) is 4.74 Å². The maximum absolute atomic E-state index is 5.49. The summed E-state index contributed by atoms with van der Waals surface area (Å²) >= 11 is 0. The minimum absolute atomic E-state index is 0.856. The second kappa shape index (κ2) is 7.46. The van der Waals surface area contributed by atoms with E-state index >= 15 is 0 Å². The van der Waals surface area contributed by atoms with Crippen molar-refractivity contribution in [2.75, 3.05) is 19.8 Å². The first-order valence-electron chi connectivity index (χ1n) is 7.57. The standard InChI is InChI=1S/C17H26N2O/c1-4-11-20-12-7-10-18-13-17-14(2)15-8-5-6-9-16(15)19(17)3/h5-6,8-9,18H,4,7,10-13H2,1-3H3. The van der Waals surface area contributed by atoms with E-state index in [-0.39, 0.29) is 0 Å². The van der Waals surface area contributed by atoms with Crippen LogP contribution in [0.15, 0.2) is 24.3 Å². The van der Waals surface area contributed by atoms with Crippen molar-refractivity contribution >= 4 is 10.9 Å². The molecular formula is C17H26N2O. The van der Waals surface area contributed by atoms with E-state index in [9.17, 15) is 0 Å². The van der Waals surface area contributed by atoms with Gasteiger partial charge in [0.2, 0.25) is 0 Å². The number of fused-ring (bicyclic) bond motifs is 1. The van der Waals surface area contributed by atoms with Crippen LogP contribution in [0.1, 0.15) is 31.0 Å². The van der Waals surface area contributed by atoms with Crippen LogP contribution in [0, 0.1) is 6.92 Å². The molecule has 0 spiro atoms. The maximum atomic E-state index is 5.49. The van der Waals surface area contributed by atoms with Gasteiger partial charge in [0.05, 0.1) is 0 Å². The first-order valence-corrected chi connectivity index (χ1v) is 7.57. The van der Waals surface area contributed by atoms with Crippen molar-refractivity contribution in [2.45, 2.75) is 33.2 Å². The summed E-state index contributed by atoms with van der Waals surface area (Å²) in [6, 6.07) is 8.60. The summed E-state index contributed by atoms with van der Waals surface area (Å²) < 4.78 is 7.78. The molecule has 0 radical (unpaired) electrons. The van der Waals surface area contributed by atoms with E-state index in [1.165, 1.54) is 22.2 Å². The lowest BCUT2D eigenvalue weighted by Gasteiger charge is -2.08. The third-order valence-electron chi connectivity index (χ3n) is 3.79. The number of hydrogen-bond donors (Lipinski definition) is 1. The highest BCUT2D eigenvalue weighted by atomic mass is 16.5. The summed E-state index contributed by atoms with van der Waals surface area (Å²) in [5.41, 5.74) is 4.08. The van der Waals surface area contributed by atoms with Gasteiger partial charge >= 0.3 is 0 Å². The molecule has 0 fully saturated rings. The third kappa shape index (κ3) is 3.41. The summed E-state index contributed by atoms with van der Waals surface area (Å²) in [5.74, 6) is 0. The highest BCUT2D eigenvalue weighted by molar-refractivity contribution is 5.85. The van der Waals surface area contributed by atoms with Gasteiger partial charge in [-0.25, -0.2) is 0 Å². The minimum atomic E-state index is 0.856. The molecular weight excluding hydrogens is 248 g/mol. The Morgan fingerprint density at radius 3 is 2.75 bits per heavy atom. The number of nitrogens with one attached hydrogen (secondary N) is 1. The van der Waals surface area contributed by atoms with Crippen molar-refractivity contribution in [3.05, 3.63) is 35.5 Å². The Labute approximate surface area is 121 Å². The fraction of sp³-hybridized carbons (Fsp3) is 0.529. The maximum Gasteiger partial charge on any atom is 0.0483 e. The molecule has 0 unspecified atom stereocenters. The van der Waals surface area contributed by atoms with Gasteiger partial charge in [0.25, 0.3) is 0 Å². The minimum Gasteiger partial charge on any atom is -0.381 e. The van der Waals surface area contributed by atoms with Crippen molar-refractivity contribution in [3.8, 4) is 0 Å². The van der Waals surface area contributed by atoms with Gasteiger partial charge in [-0.2, -0.15) is 0 Å². The third-order valence-corrected chi connectivity index (χ3v) is 3.79. The van der Waals surface area contributed by atoms with Crippen LogP contribution in [0.3, 0.4) is 0 Å². The highest BCUT2D eigenvalue weighted by Crippen LogP contribution is 2.24. The van der Waals surface area contributed by atoms with Crippen molar-refractivity contribution < 1.29 is 4.74 Å². The van der Waals surface area contributed by atoms with Gasteiger partial charge in [-0.15, -0.1) is 0 Å². The Morgan fingerprint density at radius 1 is 1.20 bits per heavy atom. The Hall–Kier alpha value is -1.32. The van der Waals surface area contributed by atoms with Crippen LogP contribution in [-0.2, 0) is 18.3 Å². The number of nitrogens with zero attached hydrogens (tertiary/aromatic N) is 1. The molecule has 0 amide bonds. The Morgan fingerprint density at radius 2 is 2.00 bits per heavy atom. The van der Waals surface area contributed by atoms with Gasteiger partial charge in [-0.1, -0.05) is 25.1 Å². The fourth-order valence-electron chi connectivity index (χ4n) is 2.64. The number of hydrogen-bond acceptors (Lipinski definition) is 2. The molecule has 1 heterocycles. The Kier molecular flexibility index (Phi) is 5.62. The number of rotatable bonds is 8. The molecule has 0 aliphatic carbocycles. The second-order valence-electron chi connectivity index (χ2n) is 5.29. The average molecular weight is 274 g/mol. The summed E-state index contributed by atoms with van der Waals surface area (Å²) in [4.78, 5) is 0. The van der Waals surface area contributed by atoms with Gasteiger partial charge in [-0.05, 0) is 37.9 Å². The first-order chi connectivity index (χ1) is 9.75. The molecule has 0 atom stereocenters. The smallest absolute Gasteiger partial charge is 0.0483 e. The van der Waals surface area contributed by atoms with Crippen LogP contribution >= 0.6 is 0 Å². The number of aryl methyl sites for hydroxylation is 2. The van der Waals surface area contributed by atoms with Gasteiger partial charge in [0.15, 0.2) is 0 Å². The first kappa shape index (κ1) is 15.1. The number of aromatic nitrogens is 1. The van der Waals surface area contributed by atoms with Crippen LogP contribution in [0.5, 0.6) is 0 Å². The monoisotopic (exact) mass is 274 g/mol. The molecule has 0 aliphatic heterocycles. The summed E-state index contributed by atoms with van der Waals surface area (Å²) in [7, 11) is 2.15. The molecule has 110 valence electrons. The molecule has 1 aromatic heterocycles. The van der Waals surface area contributed by atoms with Crippen LogP contribution in [0.4, 0.5) is 0 Å². The fourth-order valence-corrected chi connectivity index (χ4v) is 2.64. The van der Waals surface area contributed by atoms with Gasteiger partial charge in [0, 0.05) is 43.4 Å². The largest absolute Gasteiger partial charge is 0.381 e. The van der Waals surface area contributed by atoms with E-state index in [0.717, 1.165) is 39.1 Å². The second-order valence-corrected chi connectivity index (χ2v) is 5.29. The van der Waals surface area contributed by atoms with E-state index in [2.05, 4.69) is 55.0 Å². The molecule has 2 aromatic rings. The highest BCUT2D eigenvalue weighted by Gasteiger charge is 2.10. The summed E-state index contributed by atoms with van der Waals surface area (Å²) in [6.07, 6.45) is 2.17. The topological polar surface area (TPSA) is 26.2 Å². The average Bonchev–Trinajstić information content (AvgIpc) is 2.71. The van der Waals surface area contributed by atoms with Gasteiger partial charge in [0.1, 0.15) is 0 Å². The van der Waals surface area contributed by atoms with Crippen LogP contribution in [0.25, 0.3) is 10.9 Å². The lowest BCUT2D eigenvalue weighted by Crippen LogP contribution is -2.18. The molecule has 0 aliphatic rings. The summed E-state index contributed by atoms with van der Waals surface area (Å²) in [6.45, 7) is 8.01. The zero-order valence-electron chi connectivity index (χ0n) is 12.9. The van der Waals surface area contributed by atoms with E-state index in [0.29, 0.717) is 0 Å². The normalized spacial score (nSPS) is 11.3. The lowest BCUT2D eigenvalue weighted by molar-refractivity contribution is 0.132. The van der Waals surface area contributed by atoms with Crippen molar-refractivity contribution in [1.29, 1.82) is 0 Å². The quantitative estimate of drug-likeness (QED) is 0.747. The number of para-hydroxylation sites is 1. The zero-order chi connectivity index (χ0) is 14.4. The van der Waals surface area contributed by atoms with Gasteiger partial charge in [-0.3, -0.25) is 0 Å². The van der Waals surface area contributed by atoms with E-state index < -0.39 is 0 Å². The Bertz CT molecular complexity index is 506. The van der Waals surface area contributed by atoms with Crippen LogP contribution in [0.2, 0.25) is 0 Å². The summed E-state index contributed by atoms with van der Waals surface area (Å²) in [5, 5.41) is 4.88. The predicted molar refractivity (Wildman–Crippen MR) is 85.1 cm³/mol. The molecule has 3 nitrogen and oxygen atoms in total. The molecule has 1 aromatic carbocycles. The zero-order valence-corrected chi connectivity index (χ0v) is 12.9. The molecule has 2 rings (SSSR count). The number of benzene rings is 1. The van der Waals surface area contributed by atoms with Gasteiger partial charge < -0.3 is 14.6 Å². The molecule has 0 saturated carbocycles. The Balaban J connectivity index is 1.87. The molecule has 0 saturated heterocycles.